The van der Waals surface area contributed by atoms with Crippen molar-refractivity contribution in [2.24, 2.45) is 0 Å². The van der Waals surface area contributed by atoms with Gasteiger partial charge < -0.3 is 25.5 Å². The summed E-state index contributed by atoms with van der Waals surface area (Å²) in [5.41, 5.74) is 0.649. The van der Waals surface area contributed by atoms with Crippen LogP contribution in [0.3, 0.4) is 0 Å². The second-order valence-corrected chi connectivity index (χ2v) is 4.24. The van der Waals surface area contributed by atoms with Gasteiger partial charge in [0.1, 0.15) is 12.1 Å². The van der Waals surface area contributed by atoms with E-state index in [0.717, 1.165) is 0 Å². The van der Waals surface area contributed by atoms with E-state index in [1.807, 2.05) is 0 Å². The second-order valence-electron chi connectivity index (χ2n) is 4.24. The molecular formula is C11H16N4O4. The SMILES string of the molecule is O=C(O)C(Cc1cnc[nH]1)NC(=O)C1CNCCO1. The number of carboxylic acid groups (broad SMARTS) is 1. The summed E-state index contributed by atoms with van der Waals surface area (Å²) in [5.74, 6) is -1.51. The molecule has 2 atom stereocenters. The largest absolute Gasteiger partial charge is 0.480 e. The summed E-state index contributed by atoms with van der Waals surface area (Å²) in [6, 6.07) is -1.00. The van der Waals surface area contributed by atoms with Crippen LogP contribution >= 0.6 is 0 Å². The molecule has 1 fully saturated rings. The zero-order valence-electron chi connectivity index (χ0n) is 10.3. The lowest BCUT2D eigenvalue weighted by molar-refractivity contribution is -0.144. The first kappa shape index (κ1) is 13.5. The van der Waals surface area contributed by atoms with E-state index in [1.54, 1.807) is 0 Å². The number of hydrogen-bond donors (Lipinski definition) is 4. The molecule has 0 aromatic carbocycles. The van der Waals surface area contributed by atoms with Crippen LogP contribution in [0.15, 0.2) is 12.5 Å². The molecular weight excluding hydrogens is 252 g/mol. The fourth-order valence-electron chi connectivity index (χ4n) is 1.81. The highest BCUT2D eigenvalue weighted by Crippen LogP contribution is 2.02. The number of carbonyl (C=O) groups is 2. The fourth-order valence-corrected chi connectivity index (χ4v) is 1.81. The Kier molecular flexibility index (Phi) is 4.48. The highest BCUT2D eigenvalue weighted by molar-refractivity contribution is 5.86. The Morgan fingerprint density at radius 2 is 2.47 bits per heavy atom. The van der Waals surface area contributed by atoms with Crippen LogP contribution in [-0.2, 0) is 20.7 Å². The number of aliphatic carboxylic acids is 1. The number of H-pyrrole nitrogens is 1. The zero-order valence-corrected chi connectivity index (χ0v) is 10.3. The number of nitrogens with one attached hydrogen (secondary N) is 3. The molecule has 8 heteroatoms. The van der Waals surface area contributed by atoms with Crippen molar-refractivity contribution in [3.8, 4) is 0 Å². The third-order valence-electron chi connectivity index (χ3n) is 2.81. The molecule has 0 spiro atoms. The molecule has 1 saturated heterocycles. The van der Waals surface area contributed by atoms with Crippen LogP contribution in [0.1, 0.15) is 5.69 Å². The molecule has 8 nitrogen and oxygen atoms in total. The summed E-state index contributed by atoms with van der Waals surface area (Å²) in [6.45, 7) is 1.53. The number of nitrogens with zero attached hydrogens (tertiary/aromatic N) is 1. The van der Waals surface area contributed by atoms with E-state index in [4.69, 9.17) is 9.84 Å². The Labute approximate surface area is 109 Å². The number of aromatic amines is 1. The first-order valence-corrected chi connectivity index (χ1v) is 5.99. The molecule has 1 aromatic heterocycles. The molecule has 0 aliphatic carbocycles. The van der Waals surface area contributed by atoms with Gasteiger partial charge in [-0.3, -0.25) is 4.79 Å². The minimum absolute atomic E-state index is 0.154. The standard InChI is InChI=1S/C11H16N4O4/c16-10(9-5-12-1-2-19-9)15-8(11(17)18)3-7-4-13-6-14-7/h4,6,8-9,12H,1-3,5H2,(H,13,14)(H,15,16)(H,17,18). The number of aromatic nitrogens is 2. The molecule has 0 bridgehead atoms. The van der Waals surface area contributed by atoms with E-state index >= 15 is 0 Å². The molecule has 2 heterocycles. The molecule has 2 rings (SSSR count). The van der Waals surface area contributed by atoms with Crippen LogP contribution in [-0.4, -0.2) is 58.8 Å². The number of carboxylic acids is 1. The molecule has 2 unspecified atom stereocenters. The van der Waals surface area contributed by atoms with Gasteiger partial charge in [-0.25, -0.2) is 9.78 Å². The molecule has 4 N–H and O–H groups in total. The molecule has 0 radical (unpaired) electrons. The van der Waals surface area contributed by atoms with E-state index in [0.29, 0.717) is 25.4 Å². The average molecular weight is 268 g/mol. The smallest absolute Gasteiger partial charge is 0.326 e. The maximum absolute atomic E-state index is 11.9. The Hall–Kier alpha value is -1.93. The first-order chi connectivity index (χ1) is 9.16. The Morgan fingerprint density at radius 3 is 3.05 bits per heavy atom. The Morgan fingerprint density at radius 1 is 1.63 bits per heavy atom. The van der Waals surface area contributed by atoms with E-state index in [9.17, 15) is 9.59 Å². The van der Waals surface area contributed by atoms with Crippen molar-refractivity contribution < 1.29 is 19.4 Å². The molecule has 19 heavy (non-hydrogen) atoms. The molecule has 1 aliphatic rings. The van der Waals surface area contributed by atoms with Gasteiger partial charge >= 0.3 is 5.97 Å². The number of imidazole rings is 1. The Bertz CT molecular complexity index is 428. The maximum Gasteiger partial charge on any atom is 0.326 e. The van der Waals surface area contributed by atoms with Gasteiger partial charge in [0.25, 0.3) is 5.91 Å². The monoisotopic (exact) mass is 268 g/mol. The van der Waals surface area contributed by atoms with Crippen LogP contribution < -0.4 is 10.6 Å². The fraction of sp³-hybridized carbons (Fsp3) is 0.545. The van der Waals surface area contributed by atoms with E-state index in [2.05, 4.69) is 20.6 Å². The third-order valence-corrected chi connectivity index (χ3v) is 2.81. The molecule has 1 aliphatic heterocycles. The number of ether oxygens (including phenoxy) is 1. The molecule has 0 saturated carbocycles. The van der Waals surface area contributed by atoms with Gasteiger partial charge in [0.15, 0.2) is 0 Å². The topological polar surface area (TPSA) is 116 Å². The quantitative estimate of drug-likeness (QED) is 0.517. The Balaban J connectivity index is 1.92. The number of amides is 1. The number of carbonyl (C=O) groups excluding carboxylic acids is 1. The van der Waals surface area contributed by atoms with Gasteiger partial charge in [-0.1, -0.05) is 0 Å². The van der Waals surface area contributed by atoms with Gasteiger partial charge in [0.2, 0.25) is 0 Å². The lowest BCUT2D eigenvalue weighted by Gasteiger charge is -2.24. The highest BCUT2D eigenvalue weighted by Gasteiger charge is 2.27. The van der Waals surface area contributed by atoms with Crippen LogP contribution in [0.25, 0.3) is 0 Å². The highest BCUT2D eigenvalue weighted by atomic mass is 16.5. The second kappa shape index (κ2) is 6.30. The van der Waals surface area contributed by atoms with Crippen LogP contribution in [0, 0.1) is 0 Å². The van der Waals surface area contributed by atoms with Crippen molar-refractivity contribution in [1.29, 1.82) is 0 Å². The van der Waals surface area contributed by atoms with E-state index in [1.165, 1.54) is 12.5 Å². The summed E-state index contributed by atoms with van der Waals surface area (Å²) in [4.78, 5) is 29.6. The van der Waals surface area contributed by atoms with Crippen molar-refractivity contribution in [1.82, 2.24) is 20.6 Å². The van der Waals surface area contributed by atoms with Gasteiger partial charge in [-0.15, -0.1) is 0 Å². The van der Waals surface area contributed by atoms with Crippen LogP contribution in [0.4, 0.5) is 0 Å². The van der Waals surface area contributed by atoms with Gasteiger partial charge in [0, 0.05) is 31.4 Å². The summed E-state index contributed by atoms with van der Waals surface area (Å²) >= 11 is 0. The third kappa shape index (κ3) is 3.76. The van der Waals surface area contributed by atoms with Gasteiger partial charge in [-0.05, 0) is 0 Å². The number of morpholine rings is 1. The van der Waals surface area contributed by atoms with Crippen molar-refractivity contribution in [2.75, 3.05) is 19.7 Å². The summed E-state index contributed by atoms with van der Waals surface area (Å²) in [6.07, 6.45) is 2.50. The number of rotatable bonds is 5. The minimum atomic E-state index is -1.09. The van der Waals surface area contributed by atoms with Crippen LogP contribution in [0.5, 0.6) is 0 Å². The predicted molar refractivity (Wildman–Crippen MR) is 64.5 cm³/mol. The van der Waals surface area contributed by atoms with Crippen molar-refractivity contribution in [2.45, 2.75) is 18.6 Å². The van der Waals surface area contributed by atoms with Gasteiger partial charge in [-0.2, -0.15) is 0 Å². The average Bonchev–Trinajstić information content (AvgIpc) is 2.91. The lowest BCUT2D eigenvalue weighted by Crippen LogP contribution is -2.52. The van der Waals surface area contributed by atoms with Crippen molar-refractivity contribution in [3.05, 3.63) is 18.2 Å². The van der Waals surface area contributed by atoms with E-state index in [-0.39, 0.29) is 6.42 Å². The summed E-state index contributed by atoms with van der Waals surface area (Å²) in [5, 5.41) is 14.6. The lowest BCUT2D eigenvalue weighted by atomic mass is 10.1. The van der Waals surface area contributed by atoms with Gasteiger partial charge in [0.05, 0.1) is 12.9 Å². The summed E-state index contributed by atoms with van der Waals surface area (Å²) < 4.78 is 5.27. The normalized spacial score (nSPS) is 20.7. The zero-order chi connectivity index (χ0) is 13.7. The molecule has 1 amide bonds. The van der Waals surface area contributed by atoms with Crippen molar-refractivity contribution >= 4 is 11.9 Å². The van der Waals surface area contributed by atoms with Crippen LogP contribution in [0.2, 0.25) is 0 Å². The maximum atomic E-state index is 11.9. The summed E-state index contributed by atoms with van der Waals surface area (Å²) in [7, 11) is 0. The number of hydrogen-bond acceptors (Lipinski definition) is 5. The molecule has 104 valence electrons. The first-order valence-electron chi connectivity index (χ1n) is 5.99. The van der Waals surface area contributed by atoms with E-state index < -0.39 is 24.0 Å². The molecule has 1 aromatic rings. The van der Waals surface area contributed by atoms with Crippen molar-refractivity contribution in [3.63, 3.8) is 0 Å². The minimum Gasteiger partial charge on any atom is -0.480 e. The predicted octanol–water partition coefficient (Wildman–Crippen LogP) is -1.49.